The molecule has 0 unspecified atom stereocenters. The summed E-state index contributed by atoms with van der Waals surface area (Å²) >= 11 is 0. The fraction of sp³-hybridized carbons (Fsp3) is 0.167. The van der Waals surface area contributed by atoms with Crippen LogP contribution in [0.3, 0.4) is 0 Å². The first kappa shape index (κ1) is 16.6. The van der Waals surface area contributed by atoms with Crippen LogP contribution in [-0.2, 0) is 0 Å². The molecule has 1 amide bonds. The molecule has 1 aromatic carbocycles. The van der Waals surface area contributed by atoms with E-state index in [1.807, 2.05) is 0 Å². The number of hydrogen-bond acceptors (Lipinski definition) is 4. The molecule has 0 aliphatic rings. The number of benzene rings is 1. The summed E-state index contributed by atoms with van der Waals surface area (Å²) in [5.41, 5.74) is 0.469. The molecule has 0 saturated carbocycles. The second-order valence-electron chi connectivity index (χ2n) is 5.49. The van der Waals surface area contributed by atoms with Gasteiger partial charge in [0, 0.05) is 24.2 Å². The lowest BCUT2D eigenvalue weighted by molar-refractivity contribution is 0.0926. The van der Waals surface area contributed by atoms with E-state index in [2.05, 4.69) is 15.3 Å². The summed E-state index contributed by atoms with van der Waals surface area (Å²) in [6.45, 7) is 1.95. The Hall–Kier alpha value is -3.22. The van der Waals surface area contributed by atoms with Gasteiger partial charge >= 0.3 is 0 Å². The summed E-state index contributed by atoms with van der Waals surface area (Å²) in [6, 6.07) is 9.15. The van der Waals surface area contributed by atoms with E-state index in [1.165, 1.54) is 6.07 Å². The monoisotopic (exact) mass is 340 g/mol. The van der Waals surface area contributed by atoms with Crippen molar-refractivity contribution in [3.63, 3.8) is 0 Å². The van der Waals surface area contributed by atoms with Gasteiger partial charge in [-0.25, -0.2) is 14.4 Å². The first-order valence-corrected chi connectivity index (χ1v) is 7.76. The van der Waals surface area contributed by atoms with E-state index >= 15 is 0 Å². The molecule has 2 aromatic heterocycles. The Morgan fingerprint density at radius 2 is 2.16 bits per heavy atom. The molecule has 0 fully saturated rings. The van der Waals surface area contributed by atoms with Crippen LogP contribution in [0, 0.1) is 5.82 Å². The topological polar surface area (TPSA) is 69.0 Å². The summed E-state index contributed by atoms with van der Waals surface area (Å²) < 4.78 is 20.6. The van der Waals surface area contributed by atoms with Crippen molar-refractivity contribution in [2.75, 3.05) is 6.61 Å². The van der Waals surface area contributed by atoms with Crippen LogP contribution >= 0.6 is 0 Å². The predicted octanol–water partition coefficient (Wildman–Crippen LogP) is 2.60. The summed E-state index contributed by atoms with van der Waals surface area (Å²) in [7, 11) is 0. The maximum Gasteiger partial charge on any atom is 0.251 e. The maximum absolute atomic E-state index is 13.5. The van der Waals surface area contributed by atoms with E-state index < -0.39 is 5.82 Å². The van der Waals surface area contributed by atoms with Crippen molar-refractivity contribution in [2.24, 2.45) is 0 Å². The Balaban J connectivity index is 1.60. The maximum atomic E-state index is 13.5. The molecule has 1 atom stereocenters. The van der Waals surface area contributed by atoms with Crippen LogP contribution in [0.1, 0.15) is 17.3 Å². The Bertz CT molecular complexity index is 852. The van der Waals surface area contributed by atoms with Crippen LogP contribution in [0.25, 0.3) is 5.82 Å². The van der Waals surface area contributed by atoms with E-state index in [0.29, 0.717) is 11.4 Å². The Labute approximate surface area is 144 Å². The molecular weight excluding hydrogens is 323 g/mol. The molecule has 25 heavy (non-hydrogen) atoms. The average Bonchev–Trinajstić information content (AvgIpc) is 3.16. The van der Waals surface area contributed by atoms with Crippen molar-refractivity contribution < 1.29 is 13.9 Å². The number of nitrogens with one attached hydrogen (secondary N) is 1. The minimum Gasteiger partial charge on any atom is -0.488 e. The third kappa shape index (κ3) is 4.20. The zero-order valence-electron chi connectivity index (χ0n) is 13.6. The quantitative estimate of drug-likeness (QED) is 0.749. The number of ether oxygens (including phenoxy) is 1. The molecule has 2 heterocycles. The van der Waals surface area contributed by atoms with Crippen molar-refractivity contribution in [3.05, 3.63) is 72.7 Å². The molecule has 0 aliphatic heterocycles. The normalized spacial score (nSPS) is 11.8. The second-order valence-corrected chi connectivity index (χ2v) is 5.49. The molecule has 6 nitrogen and oxygen atoms in total. The van der Waals surface area contributed by atoms with Gasteiger partial charge in [0.1, 0.15) is 18.8 Å². The number of hydrogen-bond donors (Lipinski definition) is 1. The fourth-order valence-corrected chi connectivity index (χ4v) is 2.22. The second kappa shape index (κ2) is 7.57. The Morgan fingerprint density at radius 1 is 1.32 bits per heavy atom. The van der Waals surface area contributed by atoms with Crippen LogP contribution < -0.4 is 10.1 Å². The number of rotatable bonds is 6. The number of halogens is 1. The van der Waals surface area contributed by atoms with E-state index in [9.17, 15) is 9.18 Å². The molecule has 3 aromatic rings. The van der Waals surface area contributed by atoms with Gasteiger partial charge in [-0.1, -0.05) is 12.1 Å². The van der Waals surface area contributed by atoms with E-state index in [0.717, 1.165) is 0 Å². The molecule has 128 valence electrons. The van der Waals surface area contributed by atoms with Crippen molar-refractivity contribution in [2.45, 2.75) is 13.0 Å². The molecule has 0 spiro atoms. The molecule has 7 heteroatoms. The first-order valence-electron chi connectivity index (χ1n) is 7.76. The fourth-order valence-electron chi connectivity index (χ4n) is 2.22. The zero-order valence-corrected chi connectivity index (χ0v) is 13.6. The molecule has 0 aliphatic carbocycles. The zero-order chi connectivity index (χ0) is 17.6. The van der Waals surface area contributed by atoms with Crippen LogP contribution in [0.4, 0.5) is 4.39 Å². The molecule has 3 rings (SSSR count). The number of para-hydroxylation sites is 1. The highest BCUT2D eigenvalue weighted by molar-refractivity contribution is 5.94. The minimum atomic E-state index is -0.430. The third-order valence-corrected chi connectivity index (χ3v) is 3.48. The number of carbonyl (C=O) groups is 1. The standard InChI is InChI=1S/C18H17FN4O2/c1-13(11-25-16-5-3-2-4-15(16)19)22-18(24)14-6-7-21-17(10-14)23-9-8-20-12-23/h2-10,12-13H,11H2,1H3,(H,22,24)/t13-/m1/s1. The van der Waals surface area contributed by atoms with E-state index in [-0.39, 0.29) is 24.3 Å². The molecular formula is C18H17FN4O2. The van der Waals surface area contributed by atoms with Gasteiger partial charge in [-0.05, 0) is 31.2 Å². The molecule has 0 bridgehead atoms. The summed E-state index contributed by atoms with van der Waals surface area (Å²) in [5, 5.41) is 2.82. The average molecular weight is 340 g/mol. The molecule has 1 N–H and O–H groups in total. The Morgan fingerprint density at radius 3 is 2.92 bits per heavy atom. The van der Waals surface area contributed by atoms with Gasteiger partial charge in [0.15, 0.2) is 11.6 Å². The van der Waals surface area contributed by atoms with Crippen LogP contribution in [-0.4, -0.2) is 33.1 Å². The highest BCUT2D eigenvalue weighted by Crippen LogP contribution is 2.15. The van der Waals surface area contributed by atoms with Gasteiger partial charge in [-0.2, -0.15) is 0 Å². The number of amides is 1. The lowest BCUT2D eigenvalue weighted by atomic mass is 10.2. The predicted molar refractivity (Wildman–Crippen MR) is 90.2 cm³/mol. The SMILES string of the molecule is C[C@H](COc1ccccc1F)NC(=O)c1ccnc(-n2ccnc2)c1. The smallest absolute Gasteiger partial charge is 0.251 e. The highest BCUT2D eigenvalue weighted by Gasteiger charge is 2.12. The number of carbonyl (C=O) groups excluding carboxylic acids is 1. The van der Waals surface area contributed by atoms with Crippen molar-refractivity contribution in [1.29, 1.82) is 0 Å². The number of imidazole rings is 1. The van der Waals surface area contributed by atoms with E-state index in [4.69, 9.17) is 4.74 Å². The van der Waals surface area contributed by atoms with Crippen LogP contribution in [0.2, 0.25) is 0 Å². The van der Waals surface area contributed by atoms with Crippen LogP contribution in [0.15, 0.2) is 61.3 Å². The summed E-state index contributed by atoms with van der Waals surface area (Å²) in [4.78, 5) is 20.5. The van der Waals surface area contributed by atoms with Crippen LogP contribution in [0.5, 0.6) is 5.75 Å². The number of nitrogens with zero attached hydrogens (tertiary/aromatic N) is 3. The van der Waals surface area contributed by atoms with Crippen molar-refractivity contribution in [1.82, 2.24) is 19.9 Å². The van der Waals surface area contributed by atoms with Gasteiger partial charge < -0.3 is 10.1 Å². The van der Waals surface area contributed by atoms with Gasteiger partial charge in [0.25, 0.3) is 5.91 Å². The van der Waals surface area contributed by atoms with Crippen molar-refractivity contribution >= 4 is 5.91 Å². The largest absolute Gasteiger partial charge is 0.488 e. The highest BCUT2D eigenvalue weighted by atomic mass is 19.1. The van der Waals surface area contributed by atoms with E-state index in [1.54, 1.807) is 66.7 Å². The summed E-state index contributed by atoms with van der Waals surface area (Å²) in [5.74, 6) is 0.0730. The minimum absolute atomic E-state index is 0.159. The number of aromatic nitrogens is 3. The van der Waals surface area contributed by atoms with Gasteiger partial charge in [-0.3, -0.25) is 9.36 Å². The molecule has 0 saturated heterocycles. The van der Waals surface area contributed by atoms with Gasteiger partial charge in [0.05, 0.1) is 6.04 Å². The lowest BCUT2D eigenvalue weighted by Gasteiger charge is -2.15. The number of pyridine rings is 1. The Kier molecular flexibility index (Phi) is 5.03. The first-order chi connectivity index (χ1) is 12.1. The van der Waals surface area contributed by atoms with Gasteiger partial charge in [-0.15, -0.1) is 0 Å². The van der Waals surface area contributed by atoms with Gasteiger partial charge in [0.2, 0.25) is 0 Å². The third-order valence-electron chi connectivity index (χ3n) is 3.48. The summed E-state index contributed by atoms with van der Waals surface area (Å²) in [6.07, 6.45) is 6.55. The lowest BCUT2D eigenvalue weighted by Crippen LogP contribution is -2.36. The molecule has 0 radical (unpaired) electrons. The van der Waals surface area contributed by atoms with Crippen molar-refractivity contribution in [3.8, 4) is 11.6 Å².